The van der Waals surface area contributed by atoms with Gasteiger partial charge in [-0.15, -0.1) is 0 Å². The van der Waals surface area contributed by atoms with Crippen molar-refractivity contribution >= 4 is 33.2 Å². The molecule has 1 aromatic heterocycles. The monoisotopic (exact) mass is 469 g/mol. The number of carbonyl (C=O) groups is 1. The van der Waals surface area contributed by atoms with Gasteiger partial charge in [-0.2, -0.15) is 0 Å². The molecule has 31 heavy (non-hydrogen) atoms. The van der Waals surface area contributed by atoms with Crippen molar-refractivity contribution in [3.05, 3.63) is 122 Å². The highest BCUT2D eigenvalue weighted by atomic mass is 79.9. The Bertz CT molecular complexity index is 1450. The van der Waals surface area contributed by atoms with E-state index in [-0.39, 0.29) is 11.3 Å². The molecule has 0 saturated heterocycles. The number of halogens is 1. The van der Waals surface area contributed by atoms with Crippen molar-refractivity contribution in [3.63, 3.8) is 0 Å². The first-order chi connectivity index (χ1) is 15.1. The van der Waals surface area contributed by atoms with Crippen LogP contribution in [0.4, 0.5) is 5.82 Å². The number of benzene rings is 3. The van der Waals surface area contributed by atoms with Gasteiger partial charge in [0, 0.05) is 27.1 Å². The minimum absolute atomic E-state index is 0.0384. The molecule has 2 heterocycles. The number of Topliss-reactive ketones (excluding diaryl/α,β-unsaturated/α-hetero) is 1. The van der Waals surface area contributed by atoms with Crippen molar-refractivity contribution in [3.8, 4) is 5.69 Å². The van der Waals surface area contributed by atoms with Gasteiger partial charge in [-0.05, 0) is 29.8 Å². The van der Waals surface area contributed by atoms with Crippen LogP contribution in [0.2, 0.25) is 0 Å². The highest BCUT2D eigenvalue weighted by molar-refractivity contribution is 9.10. The molecule has 4 aromatic rings. The molecule has 3 aromatic carbocycles. The summed E-state index contributed by atoms with van der Waals surface area (Å²) in [6.07, 6.45) is 0. The Morgan fingerprint density at radius 2 is 1.48 bits per heavy atom. The lowest BCUT2D eigenvalue weighted by Gasteiger charge is -2.25. The van der Waals surface area contributed by atoms with Crippen molar-refractivity contribution in [1.29, 1.82) is 0 Å². The van der Waals surface area contributed by atoms with Gasteiger partial charge in [-0.1, -0.05) is 70.5 Å². The fraction of sp³-hybridized carbons (Fsp3) is 0.0400. The van der Waals surface area contributed by atoms with Crippen LogP contribution < -0.4 is 10.9 Å². The van der Waals surface area contributed by atoms with E-state index in [9.17, 15) is 9.59 Å². The molecule has 6 rings (SSSR count). The van der Waals surface area contributed by atoms with Gasteiger partial charge in [0.25, 0.3) is 5.56 Å². The zero-order valence-corrected chi connectivity index (χ0v) is 17.8. The number of ketones is 1. The van der Waals surface area contributed by atoms with Crippen LogP contribution in [0.15, 0.2) is 93.7 Å². The number of para-hydroxylation sites is 1. The van der Waals surface area contributed by atoms with Gasteiger partial charge >= 0.3 is 0 Å². The second kappa shape index (κ2) is 6.68. The summed E-state index contributed by atoms with van der Waals surface area (Å²) in [7, 11) is 0. The molecular formula is C25H16BrN3O2. The Morgan fingerprint density at radius 1 is 0.806 bits per heavy atom. The molecule has 0 unspecified atom stereocenters. The average molecular weight is 470 g/mol. The number of hydrogen-bond acceptors (Lipinski definition) is 3. The lowest BCUT2D eigenvalue weighted by Crippen LogP contribution is -2.25. The third-order valence-corrected chi connectivity index (χ3v) is 6.46. The number of fused-ring (bicyclic) bond motifs is 3. The van der Waals surface area contributed by atoms with E-state index in [2.05, 4.69) is 26.3 Å². The van der Waals surface area contributed by atoms with E-state index in [1.165, 1.54) is 4.68 Å². The lowest BCUT2D eigenvalue weighted by atomic mass is 9.82. The summed E-state index contributed by atoms with van der Waals surface area (Å²) >= 11 is 3.48. The SMILES string of the molecule is O=C1C2=C(Nc3[nH]n(-c4ccccc4)c(=O)c3[C@@H]2c2ccc(Br)cc2)c2ccccc21. The van der Waals surface area contributed by atoms with Gasteiger partial charge < -0.3 is 5.32 Å². The van der Waals surface area contributed by atoms with Crippen LogP contribution in [0.3, 0.4) is 0 Å². The maximum atomic E-state index is 13.6. The van der Waals surface area contributed by atoms with Crippen molar-refractivity contribution in [2.24, 2.45) is 0 Å². The van der Waals surface area contributed by atoms with Gasteiger partial charge in [0.2, 0.25) is 0 Å². The van der Waals surface area contributed by atoms with Crippen LogP contribution >= 0.6 is 15.9 Å². The van der Waals surface area contributed by atoms with E-state index in [1.807, 2.05) is 78.9 Å². The Kier molecular flexibility index (Phi) is 3.91. The number of hydrogen-bond donors (Lipinski definition) is 2. The lowest BCUT2D eigenvalue weighted by molar-refractivity contribution is 0.103. The number of allylic oxidation sites excluding steroid dienone is 1. The van der Waals surface area contributed by atoms with Crippen molar-refractivity contribution in [2.75, 3.05) is 5.32 Å². The molecule has 0 radical (unpaired) electrons. The van der Waals surface area contributed by atoms with Crippen LogP contribution in [0.25, 0.3) is 11.4 Å². The first-order valence-electron chi connectivity index (χ1n) is 9.94. The molecule has 1 aliphatic heterocycles. The van der Waals surface area contributed by atoms with Crippen molar-refractivity contribution < 1.29 is 4.79 Å². The number of aromatic nitrogens is 2. The number of carbonyl (C=O) groups excluding carboxylic acids is 1. The molecule has 0 spiro atoms. The Morgan fingerprint density at radius 3 is 2.23 bits per heavy atom. The van der Waals surface area contributed by atoms with Crippen LogP contribution in [-0.2, 0) is 0 Å². The van der Waals surface area contributed by atoms with Gasteiger partial charge in [-0.25, -0.2) is 4.68 Å². The van der Waals surface area contributed by atoms with Gasteiger partial charge in [0.1, 0.15) is 5.82 Å². The summed E-state index contributed by atoms with van der Waals surface area (Å²) in [5, 5.41) is 6.59. The number of anilines is 1. The molecular weight excluding hydrogens is 454 g/mol. The summed E-state index contributed by atoms with van der Waals surface area (Å²) in [5.41, 5.74) is 4.93. The molecule has 2 aliphatic rings. The number of nitrogens with one attached hydrogen (secondary N) is 2. The fourth-order valence-corrected chi connectivity index (χ4v) is 4.81. The number of rotatable bonds is 2. The first kappa shape index (κ1) is 18.2. The summed E-state index contributed by atoms with van der Waals surface area (Å²) in [6, 6.07) is 24.8. The zero-order valence-electron chi connectivity index (χ0n) is 16.2. The minimum Gasteiger partial charge on any atom is -0.339 e. The summed E-state index contributed by atoms with van der Waals surface area (Å²) in [5.74, 6) is 0.113. The largest absolute Gasteiger partial charge is 0.339 e. The third-order valence-electron chi connectivity index (χ3n) is 5.93. The second-order valence-electron chi connectivity index (χ2n) is 7.65. The summed E-state index contributed by atoms with van der Waals surface area (Å²) in [4.78, 5) is 27.0. The van der Waals surface area contributed by atoms with E-state index >= 15 is 0 Å². The maximum Gasteiger partial charge on any atom is 0.277 e. The molecule has 1 atom stereocenters. The van der Waals surface area contributed by atoms with Crippen LogP contribution in [0.5, 0.6) is 0 Å². The molecule has 150 valence electrons. The van der Waals surface area contributed by atoms with Gasteiger partial charge in [0.15, 0.2) is 5.78 Å². The van der Waals surface area contributed by atoms with E-state index in [4.69, 9.17) is 0 Å². The van der Waals surface area contributed by atoms with Crippen LogP contribution in [-0.4, -0.2) is 15.6 Å². The standard InChI is InChI=1S/C25H16BrN3O2/c26-15-12-10-14(11-13-15)19-20-22(17-8-4-5-9-18(17)23(20)30)27-24-21(19)25(31)29(28-24)16-6-2-1-3-7-16/h1-13,19,27-28H/t19-/m1/s1. The molecule has 0 saturated carbocycles. The number of H-pyrrole nitrogens is 1. The molecule has 6 heteroatoms. The first-order valence-corrected chi connectivity index (χ1v) is 10.7. The second-order valence-corrected chi connectivity index (χ2v) is 8.57. The Balaban J connectivity index is 1.62. The maximum absolute atomic E-state index is 13.6. The molecule has 5 nitrogen and oxygen atoms in total. The van der Waals surface area contributed by atoms with Crippen LogP contribution in [0, 0.1) is 0 Å². The van der Waals surface area contributed by atoms with E-state index in [1.54, 1.807) is 0 Å². The molecule has 1 aliphatic carbocycles. The van der Waals surface area contributed by atoms with Crippen molar-refractivity contribution in [2.45, 2.75) is 5.92 Å². The average Bonchev–Trinajstić information content (AvgIpc) is 3.29. The molecule has 0 fully saturated rings. The van der Waals surface area contributed by atoms with E-state index in [0.717, 1.165) is 27.0 Å². The minimum atomic E-state index is -0.465. The summed E-state index contributed by atoms with van der Waals surface area (Å²) < 4.78 is 2.47. The highest BCUT2D eigenvalue weighted by Gasteiger charge is 2.42. The van der Waals surface area contributed by atoms with E-state index in [0.29, 0.717) is 22.5 Å². The highest BCUT2D eigenvalue weighted by Crippen LogP contribution is 2.47. The van der Waals surface area contributed by atoms with E-state index < -0.39 is 5.92 Å². The third kappa shape index (κ3) is 2.61. The van der Waals surface area contributed by atoms with Gasteiger partial charge in [0.05, 0.1) is 16.9 Å². The Hall–Kier alpha value is -3.64. The molecule has 2 N–H and O–H groups in total. The smallest absolute Gasteiger partial charge is 0.277 e. The number of aromatic amines is 1. The van der Waals surface area contributed by atoms with Crippen LogP contribution in [0.1, 0.15) is 33.0 Å². The zero-order chi connectivity index (χ0) is 21.1. The quantitative estimate of drug-likeness (QED) is 0.429. The van der Waals surface area contributed by atoms with Gasteiger partial charge in [-0.3, -0.25) is 14.7 Å². The normalized spacial score (nSPS) is 16.5. The fourth-order valence-electron chi connectivity index (χ4n) is 4.54. The molecule has 0 bridgehead atoms. The topological polar surface area (TPSA) is 66.9 Å². The number of nitrogens with zero attached hydrogens (tertiary/aromatic N) is 1. The predicted octanol–water partition coefficient (Wildman–Crippen LogP) is 5.09. The molecule has 0 amide bonds. The summed E-state index contributed by atoms with van der Waals surface area (Å²) in [6.45, 7) is 0. The predicted molar refractivity (Wildman–Crippen MR) is 124 cm³/mol. The Labute approximate surface area is 186 Å². The van der Waals surface area contributed by atoms with Crippen molar-refractivity contribution in [1.82, 2.24) is 9.78 Å².